The van der Waals surface area contributed by atoms with Crippen molar-refractivity contribution in [1.82, 2.24) is 19.9 Å². The average Bonchev–Trinajstić information content (AvgIpc) is 2.79. The number of hydrogen-bond donors (Lipinski definition) is 1. The highest BCUT2D eigenvalue weighted by atomic mass is 32.2. The summed E-state index contributed by atoms with van der Waals surface area (Å²) >= 11 is 1.80. The maximum atomic E-state index is 5.89. The standard InChI is InChI=1S/C10H9N5S/c11-8-6-4-16-5-7(6)14-10(15-8)9-12-2-1-3-13-9/h1-3H,4-5H2,(H2,11,14,15). The monoisotopic (exact) mass is 231 g/mol. The maximum Gasteiger partial charge on any atom is 0.199 e. The van der Waals surface area contributed by atoms with Crippen LogP contribution in [0.3, 0.4) is 0 Å². The number of nitrogen functional groups attached to an aromatic ring is 1. The average molecular weight is 231 g/mol. The Morgan fingerprint density at radius 1 is 1.06 bits per heavy atom. The number of nitrogens with two attached hydrogens (primary N) is 1. The number of aromatic nitrogens is 4. The molecule has 0 atom stereocenters. The van der Waals surface area contributed by atoms with Crippen LogP contribution >= 0.6 is 11.8 Å². The topological polar surface area (TPSA) is 77.6 Å². The first-order valence-electron chi connectivity index (χ1n) is 4.85. The van der Waals surface area contributed by atoms with Gasteiger partial charge in [0.05, 0.1) is 5.69 Å². The van der Waals surface area contributed by atoms with Crippen LogP contribution in [0.5, 0.6) is 0 Å². The molecule has 80 valence electrons. The first kappa shape index (κ1) is 9.53. The second-order valence-electron chi connectivity index (χ2n) is 3.42. The minimum Gasteiger partial charge on any atom is -0.383 e. The van der Waals surface area contributed by atoms with Crippen molar-refractivity contribution in [2.24, 2.45) is 0 Å². The predicted molar refractivity (Wildman–Crippen MR) is 62.5 cm³/mol. The Bertz CT molecular complexity index is 528. The molecule has 0 unspecified atom stereocenters. The molecule has 3 rings (SSSR count). The number of fused-ring (bicyclic) bond motifs is 1. The van der Waals surface area contributed by atoms with Crippen LogP contribution in [-0.2, 0) is 11.5 Å². The van der Waals surface area contributed by atoms with E-state index in [4.69, 9.17) is 5.73 Å². The molecule has 1 aliphatic rings. The van der Waals surface area contributed by atoms with Crippen LogP contribution in [0.25, 0.3) is 11.6 Å². The highest BCUT2D eigenvalue weighted by molar-refractivity contribution is 7.98. The van der Waals surface area contributed by atoms with E-state index < -0.39 is 0 Å². The van der Waals surface area contributed by atoms with Crippen LogP contribution < -0.4 is 5.73 Å². The SMILES string of the molecule is Nc1nc(-c2ncccn2)nc2c1CSC2. The Kier molecular flexibility index (Phi) is 2.21. The van der Waals surface area contributed by atoms with Gasteiger partial charge in [0.2, 0.25) is 0 Å². The van der Waals surface area contributed by atoms with E-state index in [-0.39, 0.29) is 0 Å². The minimum atomic E-state index is 0.513. The van der Waals surface area contributed by atoms with Crippen molar-refractivity contribution in [2.75, 3.05) is 5.73 Å². The van der Waals surface area contributed by atoms with Gasteiger partial charge in [-0.25, -0.2) is 19.9 Å². The van der Waals surface area contributed by atoms with Gasteiger partial charge in [-0.2, -0.15) is 11.8 Å². The molecule has 0 aromatic carbocycles. The van der Waals surface area contributed by atoms with Gasteiger partial charge in [0.25, 0.3) is 0 Å². The molecule has 5 nitrogen and oxygen atoms in total. The summed E-state index contributed by atoms with van der Waals surface area (Å²) in [5, 5.41) is 0. The van der Waals surface area contributed by atoms with E-state index in [1.54, 1.807) is 30.2 Å². The normalized spacial score (nSPS) is 13.8. The van der Waals surface area contributed by atoms with E-state index >= 15 is 0 Å². The molecule has 0 aliphatic carbocycles. The molecule has 0 radical (unpaired) electrons. The molecule has 1 aliphatic heterocycles. The number of nitrogens with zero attached hydrogens (tertiary/aromatic N) is 4. The van der Waals surface area contributed by atoms with E-state index in [1.165, 1.54) is 0 Å². The summed E-state index contributed by atoms with van der Waals surface area (Å²) in [5.74, 6) is 3.38. The van der Waals surface area contributed by atoms with Gasteiger partial charge in [-0.15, -0.1) is 0 Å². The van der Waals surface area contributed by atoms with Gasteiger partial charge < -0.3 is 5.73 Å². The van der Waals surface area contributed by atoms with E-state index in [9.17, 15) is 0 Å². The third kappa shape index (κ3) is 1.51. The Balaban J connectivity index is 2.13. The van der Waals surface area contributed by atoms with Crippen LogP contribution in [0, 0.1) is 0 Å². The first-order chi connectivity index (χ1) is 7.84. The van der Waals surface area contributed by atoms with Crippen molar-refractivity contribution in [3.8, 4) is 11.6 Å². The van der Waals surface area contributed by atoms with Gasteiger partial charge in [0.1, 0.15) is 5.82 Å². The van der Waals surface area contributed by atoms with Gasteiger partial charge in [-0.05, 0) is 6.07 Å². The number of anilines is 1. The molecule has 3 heterocycles. The van der Waals surface area contributed by atoms with Crippen molar-refractivity contribution in [1.29, 1.82) is 0 Å². The zero-order valence-electron chi connectivity index (χ0n) is 8.42. The fourth-order valence-electron chi connectivity index (χ4n) is 1.59. The molecule has 0 saturated heterocycles. The minimum absolute atomic E-state index is 0.513. The number of thioether (sulfide) groups is 1. The number of rotatable bonds is 1. The van der Waals surface area contributed by atoms with Crippen LogP contribution in [0.2, 0.25) is 0 Å². The Morgan fingerprint density at radius 3 is 2.69 bits per heavy atom. The molecule has 0 spiro atoms. The number of hydrogen-bond acceptors (Lipinski definition) is 6. The second kappa shape index (κ2) is 3.71. The summed E-state index contributed by atoms with van der Waals surface area (Å²) in [5.41, 5.74) is 7.96. The van der Waals surface area contributed by atoms with Crippen LogP contribution in [0.15, 0.2) is 18.5 Å². The molecule has 0 amide bonds. The van der Waals surface area contributed by atoms with Crippen molar-refractivity contribution < 1.29 is 0 Å². The molecule has 2 aromatic heterocycles. The quantitative estimate of drug-likeness (QED) is 0.796. The molecule has 0 fully saturated rings. The van der Waals surface area contributed by atoms with Crippen molar-refractivity contribution in [3.63, 3.8) is 0 Å². The molecular formula is C10H9N5S. The summed E-state index contributed by atoms with van der Waals surface area (Å²) in [6.07, 6.45) is 3.34. The fourth-order valence-corrected chi connectivity index (χ4v) is 2.64. The lowest BCUT2D eigenvalue weighted by molar-refractivity contribution is 1.03. The van der Waals surface area contributed by atoms with Crippen LogP contribution in [0.1, 0.15) is 11.3 Å². The van der Waals surface area contributed by atoms with Crippen molar-refractivity contribution >= 4 is 17.6 Å². The van der Waals surface area contributed by atoms with E-state index in [2.05, 4.69) is 19.9 Å². The van der Waals surface area contributed by atoms with Crippen molar-refractivity contribution in [3.05, 3.63) is 29.7 Å². The highest BCUT2D eigenvalue weighted by Crippen LogP contribution is 2.32. The second-order valence-corrected chi connectivity index (χ2v) is 4.41. The Morgan fingerprint density at radius 2 is 1.88 bits per heavy atom. The van der Waals surface area contributed by atoms with Crippen LogP contribution in [0.4, 0.5) is 5.82 Å². The highest BCUT2D eigenvalue weighted by Gasteiger charge is 2.19. The lowest BCUT2D eigenvalue weighted by Gasteiger charge is -2.04. The lowest BCUT2D eigenvalue weighted by atomic mass is 10.2. The molecule has 16 heavy (non-hydrogen) atoms. The maximum absolute atomic E-state index is 5.89. The first-order valence-corrected chi connectivity index (χ1v) is 6.00. The summed E-state index contributed by atoms with van der Waals surface area (Å²) in [6, 6.07) is 1.76. The van der Waals surface area contributed by atoms with E-state index in [1.807, 2.05) is 0 Å². The molecule has 0 bridgehead atoms. The molecule has 0 saturated carbocycles. The summed E-state index contributed by atoms with van der Waals surface area (Å²) < 4.78 is 0. The zero-order valence-corrected chi connectivity index (χ0v) is 9.24. The van der Waals surface area contributed by atoms with Gasteiger partial charge in [-0.1, -0.05) is 0 Å². The zero-order chi connectivity index (χ0) is 11.0. The summed E-state index contributed by atoms with van der Waals surface area (Å²) in [6.45, 7) is 0. The van der Waals surface area contributed by atoms with E-state index in [0.29, 0.717) is 17.5 Å². The van der Waals surface area contributed by atoms with Gasteiger partial charge in [-0.3, -0.25) is 0 Å². The fraction of sp³-hybridized carbons (Fsp3) is 0.200. The van der Waals surface area contributed by atoms with Crippen LogP contribution in [-0.4, -0.2) is 19.9 Å². The summed E-state index contributed by atoms with van der Waals surface area (Å²) in [7, 11) is 0. The lowest BCUT2D eigenvalue weighted by Crippen LogP contribution is -2.04. The smallest absolute Gasteiger partial charge is 0.199 e. The Labute approximate surface area is 96.6 Å². The van der Waals surface area contributed by atoms with Gasteiger partial charge in [0.15, 0.2) is 11.6 Å². The van der Waals surface area contributed by atoms with Gasteiger partial charge >= 0.3 is 0 Å². The largest absolute Gasteiger partial charge is 0.383 e. The van der Waals surface area contributed by atoms with E-state index in [0.717, 1.165) is 22.8 Å². The molecule has 6 heteroatoms. The third-order valence-corrected chi connectivity index (χ3v) is 3.35. The molecular weight excluding hydrogens is 222 g/mol. The molecule has 2 N–H and O–H groups in total. The third-order valence-electron chi connectivity index (χ3n) is 2.38. The Hall–Kier alpha value is -1.69. The van der Waals surface area contributed by atoms with Crippen molar-refractivity contribution in [2.45, 2.75) is 11.5 Å². The summed E-state index contributed by atoms with van der Waals surface area (Å²) in [4.78, 5) is 16.9. The predicted octanol–water partition coefficient (Wildman–Crippen LogP) is 1.26. The van der Waals surface area contributed by atoms with Gasteiger partial charge in [0, 0.05) is 29.5 Å². The molecule has 2 aromatic rings.